The second kappa shape index (κ2) is 9.64. The van der Waals surface area contributed by atoms with Gasteiger partial charge in [-0.1, -0.05) is 32.3 Å². The van der Waals surface area contributed by atoms with Crippen molar-refractivity contribution in [2.75, 3.05) is 19.7 Å². The number of aryl methyl sites for hydroxylation is 1. The topological polar surface area (TPSA) is 46.6 Å². The summed E-state index contributed by atoms with van der Waals surface area (Å²) in [6.07, 6.45) is 5.07. The standard InChI is InChI=1S/C20H27F2NO3/c1-3-4-5-6-13-26-20(25)15-9-11-23(12-10-15)19(24)17-16(21)8-7-14(2)18(17)22/h7-8,15H,3-6,9-13H2,1-2H3. The Bertz CT molecular complexity index is 640. The number of likely N-dealkylation sites (tertiary alicyclic amines) is 1. The van der Waals surface area contributed by atoms with Gasteiger partial charge in [0, 0.05) is 13.1 Å². The lowest BCUT2D eigenvalue weighted by molar-refractivity contribution is -0.150. The zero-order valence-corrected chi connectivity index (χ0v) is 15.5. The maximum Gasteiger partial charge on any atom is 0.309 e. The number of hydrogen-bond acceptors (Lipinski definition) is 3. The number of benzene rings is 1. The van der Waals surface area contributed by atoms with Crippen LogP contribution >= 0.6 is 0 Å². The number of esters is 1. The van der Waals surface area contributed by atoms with Crippen LogP contribution < -0.4 is 0 Å². The summed E-state index contributed by atoms with van der Waals surface area (Å²) in [5.74, 6) is -2.82. The molecule has 4 nitrogen and oxygen atoms in total. The minimum absolute atomic E-state index is 0.233. The fourth-order valence-electron chi connectivity index (χ4n) is 3.15. The van der Waals surface area contributed by atoms with Crippen molar-refractivity contribution in [3.05, 3.63) is 34.9 Å². The number of unbranched alkanes of at least 4 members (excludes halogenated alkanes) is 3. The molecule has 2 rings (SSSR count). The molecule has 26 heavy (non-hydrogen) atoms. The summed E-state index contributed by atoms with van der Waals surface area (Å²) in [7, 11) is 0. The van der Waals surface area contributed by atoms with E-state index in [1.165, 1.54) is 17.9 Å². The largest absolute Gasteiger partial charge is 0.465 e. The highest BCUT2D eigenvalue weighted by Crippen LogP contribution is 2.23. The molecule has 0 atom stereocenters. The van der Waals surface area contributed by atoms with E-state index in [1.54, 1.807) is 0 Å². The Labute approximate surface area is 153 Å². The van der Waals surface area contributed by atoms with Crippen molar-refractivity contribution < 1.29 is 23.1 Å². The van der Waals surface area contributed by atoms with E-state index in [2.05, 4.69) is 6.92 Å². The molecule has 0 unspecified atom stereocenters. The molecule has 0 saturated carbocycles. The molecular formula is C20H27F2NO3. The first kappa shape index (κ1) is 20.3. The Hall–Kier alpha value is -1.98. The number of amides is 1. The summed E-state index contributed by atoms with van der Waals surface area (Å²) in [5.41, 5.74) is -0.279. The number of hydrogen-bond donors (Lipinski definition) is 0. The predicted molar refractivity (Wildman–Crippen MR) is 94.8 cm³/mol. The molecule has 1 aromatic rings. The van der Waals surface area contributed by atoms with Crippen molar-refractivity contribution in [3.8, 4) is 0 Å². The monoisotopic (exact) mass is 367 g/mol. The van der Waals surface area contributed by atoms with Gasteiger partial charge in [0.15, 0.2) is 0 Å². The van der Waals surface area contributed by atoms with Crippen molar-refractivity contribution in [3.63, 3.8) is 0 Å². The summed E-state index contributed by atoms with van der Waals surface area (Å²) in [6.45, 7) is 4.63. The van der Waals surface area contributed by atoms with Crippen molar-refractivity contribution in [2.24, 2.45) is 5.92 Å². The molecule has 1 saturated heterocycles. The summed E-state index contributed by atoms with van der Waals surface area (Å²) >= 11 is 0. The lowest BCUT2D eigenvalue weighted by Crippen LogP contribution is -2.41. The van der Waals surface area contributed by atoms with Gasteiger partial charge < -0.3 is 9.64 Å². The molecule has 0 spiro atoms. The number of carbonyl (C=O) groups excluding carboxylic acids is 2. The summed E-state index contributed by atoms with van der Waals surface area (Å²) in [4.78, 5) is 26.0. The summed E-state index contributed by atoms with van der Waals surface area (Å²) < 4.78 is 33.3. The highest BCUT2D eigenvalue weighted by molar-refractivity contribution is 5.95. The van der Waals surface area contributed by atoms with E-state index in [-0.39, 0.29) is 17.5 Å². The van der Waals surface area contributed by atoms with Crippen LogP contribution in [0.3, 0.4) is 0 Å². The number of piperidine rings is 1. The molecule has 1 heterocycles. The first-order valence-electron chi connectivity index (χ1n) is 9.36. The van der Waals surface area contributed by atoms with Gasteiger partial charge in [-0.05, 0) is 37.8 Å². The molecule has 1 aliphatic heterocycles. The summed E-state index contributed by atoms with van der Waals surface area (Å²) in [5, 5.41) is 0. The molecule has 0 aliphatic carbocycles. The first-order chi connectivity index (χ1) is 12.5. The van der Waals surface area contributed by atoms with Gasteiger partial charge >= 0.3 is 5.97 Å². The average Bonchev–Trinajstić information content (AvgIpc) is 2.64. The van der Waals surface area contributed by atoms with Gasteiger partial charge in [-0.2, -0.15) is 0 Å². The third-order valence-electron chi connectivity index (χ3n) is 4.86. The van der Waals surface area contributed by atoms with E-state index in [0.29, 0.717) is 32.5 Å². The van der Waals surface area contributed by atoms with Gasteiger partial charge in [0.05, 0.1) is 12.5 Å². The molecule has 144 valence electrons. The minimum atomic E-state index is -0.855. The Morgan fingerprint density at radius 1 is 1.15 bits per heavy atom. The van der Waals surface area contributed by atoms with Crippen molar-refractivity contribution in [1.29, 1.82) is 0 Å². The van der Waals surface area contributed by atoms with Crippen molar-refractivity contribution in [2.45, 2.75) is 52.4 Å². The van der Waals surface area contributed by atoms with Crippen LogP contribution in [0, 0.1) is 24.5 Å². The molecule has 0 aromatic heterocycles. The second-order valence-electron chi connectivity index (χ2n) is 6.85. The number of rotatable bonds is 7. The van der Waals surface area contributed by atoms with E-state index < -0.39 is 23.1 Å². The third kappa shape index (κ3) is 5.02. The maximum absolute atomic E-state index is 14.1. The molecule has 0 radical (unpaired) electrons. The van der Waals surface area contributed by atoms with Crippen molar-refractivity contribution >= 4 is 11.9 Å². The predicted octanol–water partition coefficient (Wildman–Crippen LogP) is 4.25. The van der Waals surface area contributed by atoms with Gasteiger partial charge in [0.2, 0.25) is 0 Å². The van der Waals surface area contributed by atoms with Crippen LogP contribution in [0.5, 0.6) is 0 Å². The smallest absolute Gasteiger partial charge is 0.309 e. The SMILES string of the molecule is CCCCCCOC(=O)C1CCN(C(=O)c2c(F)ccc(C)c2F)CC1. The lowest BCUT2D eigenvalue weighted by Gasteiger charge is -2.31. The number of carbonyl (C=O) groups is 2. The normalized spacial score (nSPS) is 15.2. The molecule has 0 N–H and O–H groups in total. The zero-order chi connectivity index (χ0) is 19.1. The first-order valence-corrected chi connectivity index (χ1v) is 9.36. The Balaban J connectivity index is 1.85. The molecule has 1 fully saturated rings. The number of halogens is 2. The molecule has 1 aliphatic rings. The zero-order valence-electron chi connectivity index (χ0n) is 15.5. The van der Waals surface area contributed by atoms with E-state index in [0.717, 1.165) is 31.7 Å². The molecule has 0 bridgehead atoms. The van der Waals surface area contributed by atoms with Gasteiger partial charge in [-0.25, -0.2) is 8.78 Å². The highest BCUT2D eigenvalue weighted by atomic mass is 19.1. The van der Waals surface area contributed by atoms with E-state index in [1.807, 2.05) is 0 Å². The van der Waals surface area contributed by atoms with Gasteiger partial charge in [0.25, 0.3) is 5.91 Å². The number of ether oxygens (including phenoxy) is 1. The minimum Gasteiger partial charge on any atom is -0.465 e. The van der Waals surface area contributed by atoms with Gasteiger partial charge in [-0.3, -0.25) is 9.59 Å². The fraction of sp³-hybridized carbons (Fsp3) is 0.600. The van der Waals surface area contributed by atoms with E-state index in [4.69, 9.17) is 4.74 Å². The Morgan fingerprint density at radius 2 is 1.85 bits per heavy atom. The molecule has 1 amide bonds. The van der Waals surface area contributed by atoms with Gasteiger partial charge in [-0.15, -0.1) is 0 Å². The van der Waals surface area contributed by atoms with Gasteiger partial charge in [0.1, 0.15) is 17.2 Å². The third-order valence-corrected chi connectivity index (χ3v) is 4.86. The maximum atomic E-state index is 14.1. The van der Waals surface area contributed by atoms with Crippen LogP contribution in [0.4, 0.5) is 8.78 Å². The van der Waals surface area contributed by atoms with Crippen LogP contribution in [-0.2, 0) is 9.53 Å². The fourth-order valence-corrected chi connectivity index (χ4v) is 3.15. The van der Waals surface area contributed by atoms with Crippen LogP contribution in [-0.4, -0.2) is 36.5 Å². The van der Waals surface area contributed by atoms with Crippen LogP contribution in [0.2, 0.25) is 0 Å². The van der Waals surface area contributed by atoms with Crippen LogP contribution in [0.25, 0.3) is 0 Å². The van der Waals surface area contributed by atoms with Crippen LogP contribution in [0.1, 0.15) is 61.4 Å². The Morgan fingerprint density at radius 3 is 2.50 bits per heavy atom. The molecular weight excluding hydrogens is 340 g/mol. The number of nitrogens with zero attached hydrogens (tertiary/aromatic N) is 1. The van der Waals surface area contributed by atoms with Crippen molar-refractivity contribution in [1.82, 2.24) is 4.90 Å². The quantitative estimate of drug-likeness (QED) is 0.535. The highest BCUT2D eigenvalue weighted by Gasteiger charge is 2.31. The second-order valence-corrected chi connectivity index (χ2v) is 6.85. The van der Waals surface area contributed by atoms with E-state index in [9.17, 15) is 18.4 Å². The molecule has 1 aromatic carbocycles. The average molecular weight is 367 g/mol. The Kier molecular flexibility index (Phi) is 7.54. The molecule has 6 heteroatoms. The van der Waals surface area contributed by atoms with E-state index >= 15 is 0 Å². The lowest BCUT2D eigenvalue weighted by atomic mass is 9.96. The van der Waals surface area contributed by atoms with Crippen LogP contribution in [0.15, 0.2) is 12.1 Å². The summed E-state index contributed by atoms with van der Waals surface area (Å²) in [6, 6.07) is 2.42.